The van der Waals surface area contributed by atoms with Gasteiger partial charge in [-0.3, -0.25) is 9.69 Å². The fourth-order valence-electron chi connectivity index (χ4n) is 3.24. The van der Waals surface area contributed by atoms with Gasteiger partial charge in [-0.15, -0.1) is 0 Å². The number of sulfonamides is 1. The number of hydrogen-bond donors (Lipinski definition) is 1. The molecule has 1 aliphatic rings. The van der Waals surface area contributed by atoms with Gasteiger partial charge in [0.25, 0.3) is 0 Å². The number of carbonyl (C=O) groups excluding carboxylic acids is 1. The van der Waals surface area contributed by atoms with Gasteiger partial charge in [-0.25, -0.2) is 12.8 Å². The van der Waals surface area contributed by atoms with E-state index in [1.807, 2.05) is 0 Å². The van der Waals surface area contributed by atoms with Crippen LogP contribution in [0.5, 0.6) is 0 Å². The summed E-state index contributed by atoms with van der Waals surface area (Å²) in [6, 6.07) is 12.5. The van der Waals surface area contributed by atoms with Crippen molar-refractivity contribution >= 4 is 21.6 Å². The van der Waals surface area contributed by atoms with Crippen LogP contribution < -0.4 is 5.32 Å². The summed E-state index contributed by atoms with van der Waals surface area (Å²) in [5.74, 6) is -0.534. The third-order valence-corrected chi connectivity index (χ3v) is 6.51. The molecule has 2 aromatic rings. The minimum atomic E-state index is -3.46. The quantitative estimate of drug-likeness (QED) is 0.769. The van der Waals surface area contributed by atoms with Crippen LogP contribution in [0.3, 0.4) is 0 Å². The number of benzene rings is 2. The van der Waals surface area contributed by atoms with Crippen LogP contribution in [0.15, 0.2) is 53.4 Å². The fraction of sp³-hybridized carbons (Fsp3) is 0.350. The molecule has 8 heteroatoms. The average Bonchev–Trinajstić information content (AvgIpc) is 3.17. The van der Waals surface area contributed by atoms with Crippen molar-refractivity contribution in [2.75, 3.05) is 32.0 Å². The molecule has 1 saturated heterocycles. The molecule has 0 spiro atoms. The van der Waals surface area contributed by atoms with Gasteiger partial charge < -0.3 is 5.32 Å². The highest BCUT2D eigenvalue weighted by Gasteiger charge is 2.26. The molecule has 1 heterocycles. The van der Waals surface area contributed by atoms with Crippen molar-refractivity contribution in [3.63, 3.8) is 0 Å². The maximum Gasteiger partial charge on any atom is 0.243 e. The normalized spacial score (nSPS) is 15.1. The van der Waals surface area contributed by atoms with Crippen LogP contribution in [0.1, 0.15) is 18.4 Å². The van der Waals surface area contributed by atoms with Crippen LogP contribution in [-0.4, -0.2) is 50.2 Å². The molecular weight excluding hydrogens is 381 g/mol. The Balaban J connectivity index is 1.55. The van der Waals surface area contributed by atoms with Crippen molar-refractivity contribution < 1.29 is 17.6 Å². The number of hydrogen-bond acceptors (Lipinski definition) is 4. The summed E-state index contributed by atoms with van der Waals surface area (Å²) >= 11 is 0. The maximum atomic E-state index is 13.2. The lowest BCUT2D eigenvalue weighted by Gasteiger charge is -2.17. The minimum absolute atomic E-state index is 0.129. The van der Waals surface area contributed by atoms with Gasteiger partial charge in [-0.2, -0.15) is 4.31 Å². The predicted molar refractivity (Wildman–Crippen MR) is 106 cm³/mol. The molecule has 150 valence electrons. The lowest BCUT2D eigenvalue weighted by atomic mass is 10.2. The molecule has 0 unspecified atom stereocenters. The second-order valence-electron chi connectivity index (χ2n) is 6.99. The van der Waals surface area contributed by atoms with Gasteiger partial charge in [0.15, 0.2) is 0 Å². The number of nitrogens with one attached hydrogen (secondary N) is 1. The number of amides is 1. The second kappa shape index (κ2) is 8.81. The molecule has 0 atom stereocenters. The number of nitrogens with zero attached hydrogens (tertiary/aromatic N) is 2. The molecule has 0 saturated carbocycles. The fourth-order valence-corrected chi connectivity index (χ4v) is 4.75. The highest BCUT2D eigenvalue weighted by atomic mass is 32.2. The summed E-state index contributed by atoms with van der Waals surface area (Å²) < 4.78 is 39.8. The van der Waals surface area contributed by atoms with E-state index in [4.69, 9.17) is 0 Å². The summed E-state index contributed by atoms with van der Waals surface area (Å²) in [6.07, 6.45) is 1.77. The van der Waals surface area contributed by atoms with Crippen molar-refractivity contribution in [2.24, 2.45) is 0 Å². The number of halogens is 1. The number of likely N-dealkylation sites (N-methyl/N-ethyl adjacent to an activating group) is 1. The lowest BCUT2D eigenvalue weighted by Crippen LogP contribution is -2.30. The summed E-state index contributed by atoms with van der Waals surface area (Å²) in [7, 11) is -1.69. The van der Waals surface area contributed by atoms with Gasteiger partial charge in [0, 0.05) is 25.3 Å². The van der Waals surface area contributed by atoms with E-state index in [9.17, 15) is 17.6 Å². The van der Waals surface area contributed by atoms with Gasteiger partial charge in [-0.1, -0.05) is 12.1 Å². The van der Waals surface area contributed by atoms with E-state index in [0.29, 0.717) is 25.3 Å². The Hall–Kier alpha value is -2.29. The molecule has 0 aromatic heterocycles. The van der Waals surface area contributed by atoms with Crippen molar-refractivity contribution in [2.45, 2.75) is 24.3 Å². The van der Waals surface area contributed by atoms with Gasteiger partial charge in [0.05, 0.1) is 11.4 Å². The smallest absolute Gasteiger partial charge is 0.243 e. The van der Waals surface area contributed by atoms with E-state index >= 15 is 0 Å². The molecular formula is C20H24FN3O3S. The average molecular weight is 405 g/mol. The van der Waals surface area contributed by atoms with Gasteiger partial charge in [-0.05, 0) is 61.9 Å². The zero-order chi connectivity index (χ0) is 20.1. The van der Waals surface area contributed by atoms with Crippen molar-refractivity contribution in [1.82, 2.24) is 9.21 Å². The molecule has 0 aliphatic carbocycles. The molecule has 6 nitrogen and oxygen atoms in total. The van der Waals surface area contributed by atoms with Crippen molar-refractivity contribution in [3.8, 4) is 0 Å². The highest BCUT2D eigenvalue weighted by Crippen LogP contribution is 2.22. The first-order valence-corrected chi connectivity index (χ1v) is 10.6. The standard InChI is InChI=1S/C20H24FN3O3S/c1-23(14-16-5-4-6-17(21)13-16)15-20(25)22-18-7-9-19(10-8-18)28(26,27)24-11-2-3-12-24/h4-10,13H,2-3,11-12,14-15H2,1H3,(H,22,25). The molecule has 1 aliphatic heterocycles. The topological polar surface area (TPSA) is 69.7 Å². The number of rotatable bonds is 7. The number of carbonyl (C=O) groups is 1. The van der Waals surface area contributed by atoms with Gasteiger partial charge in [0.2, 0.25) is 15.9 Å². The van der Waals surface area contributed by atoms with Crippen molar-refractivity contribution in [3.05, 3.63) is 59.9 Å². The Morgan fingerprint density at radius 3 is 2.46 bits per heavy atom. The monoisotopic (exact) mass is 405 g/mol. The van der Waals surface area contributed by atoms with E-state index < -0.39 is 10.0 Å². The zero-order valence-corrected chi connectivity index (χ0v) is 16.6. The Labute approximate surface area is 165 Å². The van der Waals surface area contributed by atoms with Crippen LogP contribution in [0, 0.1) is 5.82 Å². The summed E-state index contributed by atoms with van der Waals surface area (Å²) in [4.78, 5) is 14.2. The first-order valence-electron chi connectivity index (χ1n) is 9.18. The van der Waals surface area contributed by atoms with Crippen molar-refractivity contribution in [1.29, 1.82) is 0 Å². The summed E-state index contributed by atoms with van der Waals surface area (Å²) in [5, 5.41) is 2.76. The highest BCUT2D eigenvalue weighted by molar-refractivity contribution is 7.89. The first-order chi connectivity index (χ1) is 13.3. The minimum Gasteiger partial charge on any atom is -0.325 e. The molecule has 1 N–H and O–H groups in total. The Bertz CT molecular complexity index is 926. The Kier molecular flexibility index (Phi) is 6.43. The molecule has 0 radical (unpaired) electrons. The largest absolute Gasteiger partial charge is 0.325 e. The van der Waals surface area contributed by atoms with E-state index in [1.165, 1.54) is 28.6 Å². The Morgan fingerprint density at radius 1 is 1.14 bits per heavy atom. The lowest BCUT2D eigenvalue weighted by molar-refractivity contribution is -0.117. The molecule has 3 rings (SSSR count). The third kappa shape index (κ3) is 5.15. The van der Waals surface area contributed by atoms with Crippen LogP contribution in [-0.2, 0) is 21.4 Å². The maximum absolute atomic E-state index is 13.2. The molecule has 28 heavy (non-hydrogen) atoms. The third-order valence-electron chi connectivity index (χ3n) is 4.60. The van der Waals surface area contributed by atoms with Crippen LogP contribution in [0.25, 0.3) is 0 Å². The van der Waals surface area contributed by atoms with E-state index in [1.54, 1.807) is 36.2 Å². The van der Waals surface area contributed by atoms with Gasteiger partial charge in [0.1, 0.15) is 5.82 Å². The summed E-state index contributed by atoms with van der Waals surface area (Å²) in [6.45, 7) is 1.68. The second-order valence-corrected chi connectivity index (χ2v) is 8.92. The van der Waals surface area contributed by atoms with E-state index in [0.717, 1.165) is 18.4 Å². The predicted octanol–water partition coefficient (Wildman–Crippen LogP) is 2.68. The van der Waals surface area contributed by atoms with E-state index in [-0.39, 0.29) is 23.2 Å². The molecule has 1 amide bonds. The SMILES string of the molecule is CN(CC(=O)Nc1ccc(S(=O)(=O)N2CCCC2)cc1)Cc1cccc(F)c1. The molecule has 2 aromatic carbocycles. The van der Waals surface area contributed by atoms with Crippen LogP contribution >= 0.6 is 0 Å². The number of anilines is 1. The Morgan fingerprint density at radius 2 is 1.82 bits per heavy atom. The van der Waals surface area contributed by atoms with Crippen LogP contribution in [0.4, 0.5) is 10.1 Å². The zero-order valence-electron chi connectivity index (χ0n) is 15.8. The molecule has 0 bridgehead atoms. The first kappa shape index (κ1) is 20.4. The summed E-state index contributed by atoms with van der Waals surface area (Å²) in [5.41, 5.74) is 1.32. The molecule has 1 fully saturated rings. The van der Waals surface area contributed by atoms with Crippen LogP contribution in [0.2, 0.25) is 0 Å². The van der Waals surface area contributed by atoms with Gasteiger partial charge >= 0.3 is 0 Å². The van der Waals surface area contributed by atoms with E-state index in [2.05, 4.69) is 5.32 Å².